The van der Waals surface area contributed by atoms with Gasteiger partial charge in [0, 0.05) is 17.8 Å². The van der Waals surface area contributed by atoms with Gasteiger partial charge >= 0.3 is 0 Å². The minimum absolute atomic E-state index is 0.171. The van der Waals surface area contributed by atoms with Crippen LogP contribution in [-0.2, 0) is 16.6 Å². The van der Waals surface area contributed by atoms with Crippen molar-refractivity contribution < 1.29 is 8.42 Å². The third-order valence-corrected chi connectivity index (χ3v) is 6.35. The van der Waals surface area contributed by atoms with Crippen molar-refractivity contribution in [1.82, 2.24) is 0 Å². The number of rotatable bonds is 6. The van der Waals surface area contributed by atoms with Crippen LogP contribution in [0.15, 0.2) is 125 Å². The zero-order valence-electron chi connectivity index (χ0n) is 17.8. The molecule has 160 valence electrons. The van der Waals surface area contributed by atoms with Crippen molar-refractivity contribution in [3.8, 4) is 0 Å². The fourth-order valence-corrected chi connectivity index (χ4v) is 4.40. The number of nitrogens with zero attached hydrogens (tertiary/aromatic N) is 2. The lowest BCUT2D eigenvalue weighted by Crippen LogP contribution is -2.32. The van der Waals surface area contributed by atoms with Crippen molar-refractivity contribution in [2.24, 2.45) is 4.40 Å². The highest BCUT2D eigenvalue weighted by atomic mass is 32.2. The van der Waals surface area contributed by atoms with Gasteiger partial charge in [-0.25, -0.2) is 0 Å². The SMILES string of the molecule is Cc1ccc(S(=O)(=O)N=C(c2ccccc2)N(Cc2ccccc2)c2ccccc2)cc1. The van der Waals surface area contributed by atoms with Crippen LogP contribution >= 0.6 is 0 Å². The van der Waals surface area contributed by atoms with Gasteiger partial charge in [0.15, 0.2) is 5.84 Å². The lowest BCUT2D eigenvalue weighted by atomic mass is 10.1. The quantitative estimate of drug-likeness (QED) is 0.280. The molecule has 0 N–H and O–H groups in total. The first kappa shape index (κ1) is 21.5. The molecule has 0 spiro atoms. The summed E-state index contributed by atoms with van der Waals surface area (Å²) < 4.78 is 31.0. The van der Waals surface area contributed by atoms with Crippen LogP contribution in [0.3, 0.4) is 0 Å². The highest BCUT2D eigenvalue weighted by Crippen LogP contribution is 2.23. The number of hydrogen-bond acceptors (Lipinski definition) is 2. The standard InChI is InChI=1S/C27H24N2O2S/c1-22-17-19-26(20-18-22)32(30,31)28-27(24-13-7-3-8-14-24)29(25-15-9-4-10-16-25)21-23-11-5-2-6-12-23/h2-20H,21H2,1H3. The van der Waals surface area contributed by atoms with Crippen molar-refractivity contribution in [3.63, 3.8) is 0 Å². The van der Waals surface area contributed by atoms with E-state index >= 15 is 0 Å². The zero-order chi connectivity index (χ0) is 22.4. The van der Waals surface area contributed by atoms with Crippen LogP contribution in [0, 0.1) is 6.92 Å². The van der Waals surface area contributed by atoms with Gasteiger partial charge < -0.3 is 4.90 Å². The minimum atomic E-state index is -3.92. The van der Waals surface area contributed by atoms with Crippen molar-refractivity contribution in [3.05, 3.63) is 132 Å². The van der Waals surface area contributed by atoms with E-state index < -0.39 is 10.0 Å². The Balaban J connectivity index is 1.88. The Bertz CT molecular complexity index is 1290. The molecule has 0 aromatic heterocycles. The molecule has 0 bridgehead atoms. The fraction of sp³-hybridized carbons (Fsp3) is 0.0741. The molecular formula is C27H24N2O2S. The van der Waals surface area contributed by atoms with E-state index in [-0.39, 0.29) is 4.90 Å². The molecular weight excluding hydrogens is 416 g/mol. The van der Waals surface area contributed by atoms with Crippen molar-refractivity contribution in [2.45, 2.75) is 18.4 Å². The second-order valence-corrected chi connectivity index (χ2v) is 9.08. The van der Waals surface area contributed by atoms with E-state index in [2.05, 4.69) is 4.40 Å². The molecule has 0 unspecified atom stereocenters. The molecule has 4 aromatic carbocycles. The van der Waals surface area contributed by atoms with Gasteiger partial charge in [0.25, 0.3) is 10.0 Å². The average molecular weight is 441 g/mol. The Hall–Kier alpha value is -3.70. The van der Waals surface area contributed by atoms with Gasteiger partial charge in [-0.2, -0.15) is 8.42 Å². The van der Waals surface area contributed by atoms with Crippen LogP contribution in [0.5, 0.6) is 0 Å². The van der Waals surface area contributed by atoms with E-state index in [0.717, 1.165) is 22.4 Å². The summed E-state index contributed by atoms with van der Waals surface area (Å²) in [7, 11) is -3.92. The Kier molecular flexibility index (Phi) is 6.47. The van der Waals surface area contributed by atoms with Crippen molar-refractivity contribution in [2.75, 3.05) is 4.90 Å². The summed E-state index contributed by atoms with van der Waals surface area (Å²) in [6.45, 7) is 2.40. The van der Waals surface area contributed by atoms with E-state index in [0.29, 0.717) is 12.4 Å². The van der Waals surface area contributed by atoms with Gasteiger partial charge in [0.05, 0.1) is 4.90 Å². The first-order chi connectivity index (χ1) is 15.5. The maximum atomic E-state index is 13.3. The number of anilines is 1. The molecule has 0 aliphatic heterocycles. The Labute approximate surface area is 189 Å². The van der Waals surface area contributed by atoms with Crippen molar-refractivity contribution in [1.29, 1.82) is 0 Å². The number of benzene rings is 4. The summed E-state index contributed by atoms with van der Waals surface area (Å²) in [4.78, 5) is 2.11. The highest BCUT2D eigenvalue weighted by Gasteiger charge is 2.21. The van der Waals surface area contributed by atoms with Gasteiger partial charge in [-0.1, -0.05) is 96.6 Å². The molecule has 0 radical (unpaired) electrons. The molecule has 0 fully saturated rings. The molecule has 4 rings (SSSR count). The average Bonchev–Trinajstić information content (AvgIpc) is 2.83. The van der Waals surface area contributed by atoms with Crippen LogP contribution in [0.25, 0.3) is 0 Å². The van der Waals surface area contributed by atoms with Crippen molar-refractivity contribution >= 4 is 21.5 Å². The van der Waals surface area contributed by atoms with E-state index in [1.54, 1.807) is 24.3 Å². The fourth-order valence-electron chi connectivity index (χ4n) is 3.38. The molecule has 32 heavy (non-hydrogen) atoms. The lowest BCUT2D eigenvalue weighted by Gasteiger charge is -2.27. The Morgan fingerprint density at radius 2 is 1.25 bits per heavy atom. The molecule has 4 nitrogen and oxygen atoms in total. The van der Waals surface area contributed by atoms with E-state index in [9.17, 15) is 8.42 Å². The highest BCUT2D eigenvalue weighted by molar-refractivity contribution is 7.90. The summed E-state index contributed by atoms with van der Waals surface area (Å²) in [6, 6.07) is 35.9. The molecule has 0 aliphatic carbocycles. The van der Waals surface area contributed by atoms with Crippen LogP contribution in [0.4, 0.5) is 5.69 Å². The van der Waals surface area contributed by atoms with Crippen LogP contribution in [0.1, 0.15) is 16.7 Å². The maximum absolute atomic E-state index is 13.3. The molecule has 0 amide bonds. The summed E-state index contributed by atoms with van der Waals surface area (Å²) >= 11 is 0. The van der Waals surface area contributed by atoms with Gasteiger partial charge in [-0.05, 0) is 36.8 Å². The largest absolute Gasteiger partial charge is 0.321 e. The topological polar surface area (TPSA) is 49.7 Å². The van der Waals surface area contributed by atoms with Gasteiger partial charge in [0.1, 0.15) is 0 Å². The smallest absolute Gasteiger partial charge is 0.284 e. The van der Waals surface area contributed by atoms with Crippen LogP contribution in [-0.4, -0.2) is 14.3 Å². The van der Waals surface area contributed by atoms with Gasteiger partial charge in [-0.15, -0.1) is 4.40 Å². The maximum Gasteiger partial charge on any atom is 0.284 e. The zero-order valence-corrected chi connectivity index (χ0v) is 18.6. The molecule has 5 heteroatoms. The number of hydrogen-bond donors (Lipinski definition) is 0. The molecule has 0 aliphatic rings. The predicted molar refractivity (Wildman–Crippen MR) is 130 cm³/mol. The molecule has 4 aromatic rings. The second kappa shape index (κ2) is 9.62. The molecule has 0 saturated heterocycles. The van der Waals surface area contributed by atoms with E-state index in [1.165, 1.54) is 0 Å². The van der Waals surface area contributed by atoms with Gasteiger partial charge in [-0.3, -0.25) is 0 Å². The normalized spacial score (nSPS) is 11.8. The molecule has 0 atom stereocenters. The summed E-state index contributed by atoms with van der Waals surface area (Å²) in [5.74, 6) is 0.376. The first-order valence-corrected chi connectivity index (χ1v) is 11.8. The van der Waals surface area contributed by atoms with Crippen LogP contribution in [0.2, 0.25) is 0 Å². The minimum Gasteiger partial charge on any atom is -0.321 e. The number of aryl methyl sites for hydroxylation is 1. The predicted octanol–water partition coefficient (Wildman–Crippen LogP) is 5.84. The summed E-state index contributed by atoms with van der Waals surface area (Å²) in [5, 5.41) is 0. The summed E-state index contributed by atoms with van der Waals surface area (Å²) in [5.41, 5.74) is 3.62. The molecule has 0 heterocycles. The number of sulfonamides is 1. The third kappa shape index (κ3) is 5.13. The Morgan fingerprint density at radius 1 is 0.719 bits per heavy atom. The Morgan fingerprint density at radius 3 is 1.84 bits per heavy atom. The van der Waals surface area contributed by atoms with Crippen LogP contribution < -0.4 is 4.90 Å². The number of amidine groups is 1. The number of para-hydroxylation sites is 1. The lowest BCUT2D eigenvalue weighted by molar-refractivity contribution is 0.598. The summed E-state index contributed by atoms with van der Waals surface area (Å²) in [6.07, 6.45) is 0. The third-order valence-electron chi connectivity index (χ3n) is 5.06. The molecule has 0 saturated carbocycles. The van der Waals surface area contributed by atoms with E-state index in [1.807, 2.05) is 103 Å². The second-order valence-electron chi connectivity index (χ2n) is 7.48. The van der Waals surface area contributed by atoms with Gasteiger partial charge in [0.2, 0.25) is 0 Å². The monoisotopic (exact) mass is 440 g/mol. The first-order valence-electron chi connectivity index (χ1n) is 10.4. The van der Waals surface area contributed by atoms with E-state index in [4.69, 9.17) is 0 Å².